The zero-order valence-electron chi connectivity index (χ0n) is 8.32. The second-order valence-electron chi connectivity index (χ2n) is 3.34. The quantitative estimate of drug-likeness (QED) is 0.699. The van der Waals surface area contributed by atoms with Crippen molar-refractivity contribution in [3.8, 4) is 5.75 Å². The highest BCUT2D eigenvalue weighted by Crippen LogP contribution is 2.25. The van der Waals surface area contributed by atoms with Crippen molar-refractivity contribution in [2.45, 2.75) is 18.8 Å². The molecule has 0 saturated heterocycles. The normalized spacial score (nSPS) is 10.1. The molecule has 1 nitrogen and oxygen atoms in total. The Kier molecular flexibility index (Phi) is 3.99. The number of phenols is 1. The van der Waals surface area contributed by atoms with E-state index in [0.29, 0.717) is 11.7 Å². The molecule has 0 heterocycles. The second-order valence-corrected chi connectivity index (χ2v) is 3.34. The number of benzene rings is 1. The van der Waals surface area contributed by atoms with Crippen LogP contribution in [-0.2, 0) is 0 Å². The van der Waals surface area contributed by atoms with Crippen molar-refractivity contribution < 1.29 is 5.11 Å². The van der Waals surface area contributed by atoms with E-state index in [-0.39, 0.29) is 0 Å². The SMILES string of the molecule is C=CCC(CC=C)c1ccc(O)cc1. The fourth-order valence-corrected chi connectivity index (χ4v) is 1.52. The molecule has 74 valence electrons. The highest BCUT2D eigenvalue weighted by molar-refractivity contribution is 5.29. The Labute approximate surface area is 85.4 Å². The lowest BCUT2D eigenvalue weighted by Crippen LogP contribution is -1.95. The average molecular weight is 188 g/mol. The van der Waals surface area contributed by atoms with Crippen LogP contribution in [0.1, 0.15) is 24.3 Å². The van der Waals surface area contributed by atoms with E-state index < -0.39 is 0 Å². The van der Waals surface area contributed by atoms with Crippen LogP contribution in [0.2, 0.25) is 0 Å². The molecular formula is C13H16O. The highest BCUT2D eigenvalue weighted by atomic mass is 16.3. The minimum absolute atomic E-state index is 0.310. The Morgan fingerprint density at radius 3 is 2.00 bits per heavy atom. The standard InChI is InChI=1S/C13H16O/c1-3-5-11(6-4-2)12-7-9-13(14)10-8-12/h3-4,7-11,14H,1-2,5-6H2. The molecule has 0 aliphatic carbocycles. The molecule has 0 aliphatic rings. The van der Waals surface area contributed by atoms with Crippen LogP contribution in [0.15, 0.2) is 49.6 Å². The molecule has 1 aromatic carbocycles. The molecule has 0 bridgehead atoms. The fraction of sp³-hybridized carbons (Fsp3) is 0.231. The van der Waals surface area contributed by atoms with Crippen molar-refractivity contribution in [3.63, 3.8) is 0 Å². The van der Waals surface area contributed by atoms with Crippen LogP contribution >= 0.6 is 0 Å². The van der Waals surface area contributed by atoms with E-state index in [1.54, 1.807) is 12.1 Å². The Balaban J connectivity index is 2.80. The van der Waals surface area contributed by atoms with E-state index in [1.165, 1.54) is 5.56 Å². The van der Waals surface area contributed by atoms with Gasteiger partial charge in [0.1, 0.15) is 5.75 Å². The van der Waals surface area contributed by atoms with Gasteiger partial charge in [-0.1, -0.05) is 24.3 Å². The Morgan fingerprint density at radius 2 is 1.57 bits per heavy atom. The number of rotatable bonds is 5. The van der Waals surface area contributed by atoms with E-state index in [9.17, 15) is 0 Å². The van der Waals surface area contributed by atoms with Crippen LogP contribution in [0.5, 0.6) is 5.75 Å². The van der Waals surface area contributed by atoms with E-state index in [2.05, 4.69) is 13.2 Å². The summed E-state index contributed by atoms with van der Waals surface area (Å²) in [6.45, 7) is 7.48. The van der Waals surface area contributed by atoms with Gasteiger partial charge in [0.25, 0.3) is 0 Å². The molecule has 0 amide bonds. The predicted octanol–water partition coefficient (Wildman–Crippen LogP) is 3.63. The minimum Gasteiger partial charge on any atom is -0.508 e. The van der Waals surface area contributed by atoms with Gasteiger partial charge in [-0.05, 0) is 36.5 Å². The van der Waals surface area contributed by atoms with Gasteiger partial charge in [0, 0.05) is 0 Å². The molecule has 0 radical (unpaired) electrons. The summed E-state index contributed by atoms with van der Waals surface area (Å²) in [5.74, 6) is 0.746. The van der Waals surface area contributed by atoms with Gasteiger partial charge < -0.3 is 5.11 Å². The summed E-state index contributed by atoms with van der Waals surface area (Å²) in [4.78, 5) is 0. The monoisotopic (exact) mass is 188 g/mol. The van der Waals surface area contributed by atoms with Gasteiger partial charge in [0.15, 0.2) is 0 Å². The molecule has 14 heavy (non-hydrogen) atoms. The first-order valence-corrected chi connectivity index (χ1v) is 4.78. The first-order chi connectivity index (χ1) is 6.77. The summed E-state index contributed by atoms with van der Waals surface area (Å²) in [6.07, 6.45) is 5.72. The lowest BCUT2D eigenvalue weighted by Gasteiger charge is -2.13. The summed E-state index contributed by atoms with van der Waals surface area (Å²) >= 11 is 0. The summed E-state index contributed by atoms with van der Waals surface area (Å²) in [6, 6.07) is 7.34. The molecule has 1 aromatic rings. The second kappa shape index (κ2) is 5.28. The third kappa shape index (κ3) is 2.77. The van der Waals surface area contributed by atoms with Crippen molar-refractivity contribution in [1.29, 1.82) is 0 Å². The summed E-state index contributed by atoms with van der Waals surface area (Å²) < 4.78 is 0. The van der Waals surface area contributed by atoms with Crippen LogP contribution < -0.4 is 0 Å². The zero-order valence-corrected chi connectivity index (χ0v) is 8.32. The van der Waals surface area contributed by atoms with E-state index in [0.717, 1.165) is 12.8 Å². The highest BCUT2D eigenvalue weighted by Gasteiger charge is 2.07. The zero-order chi connectivity index (χ0) is 10.4. The maximum absolute atomic E-state index is 9.16. The molecule has 1 rings (SSSR count). The van der Waals surface area contributed by atoms with Crippen molar-refractivity contribution in [2.24, 2.45) is 0 Å². The van der Waals surface area contributed by atoms with E-state index in [1.807, 2.05) is 24.3 Å². The number of allylic oxidation sites excluding steroid dienone is 2. The predicted molar refractivity (Wildman–Crippen MR) is 60.5 cm³/mol. The minimum atomic E-state index is 0.310. The maximum Gasteiger partial charge on any atom is 0.115 e. The third-order valence-electron chi connectivity index (χ3n) is 2.27. The van der Waals surface area contributed by atoms with Gasteiger partial charge in [-0.3, -0.25) is 0 Å². The molecule has 0 saturated carbocycles. The number of hydrogen-bond acceptors (Lipinski definition) is 1. The molecule has 0 fully saturated rings. The number of hydrogen-bond donors (Lipinski definition) is 1. The largest absolute Gasteiger partial charge is 0.508 e. The Bertz CT molecular complexity index is 288. The number of phenolic OH excluding ortho intramolecular Hbond substituents is 1. The van der Waals surface area contributed by atoms with Gasteiger partial charge in [0.05, 0.1) is 0 Å². The van der Waals surface area contributed by atoms with Crippen molar-refractivity contribution in [3.05, 3.63) is 55.1 Å². The molecular weight excluding hydrogens is 172 g/mol. The van der Waals surface area contributed by atoms with Crippen LogP contribution in [0.25, 0.3) is 0 Å². The van der Waals surface area contributed by atoms with Crippen LogP contribution in [0.3, 0.4) is 0 Å². The summed E-state index contributed by atoms with van der Waals surface area (Å²) in [7, 11) is 0. The summed E-state index contributed by atoms with van der Waals surface area (Å²) in [5, 5.41) is 9.16. The average Bonchev–Trinajstić information content (AvgIpc) is 2.19. The van der Waals surface area contributed by atoms with Crippen LogP contribution in [-0.4, -0.2) is 5.11 Å². The lowest BCUT2D eigenvalue weighted by atomic mass is 9.92. The van der Waals surface area contributed by atoms with Crippen LogP contribution in [0.4, 0.5) is 0 Å². The van der Waals surface area contributed by atoms with Gasteiger partial charge in [0.2, 0.25) is 0 Å². The summed E-state index contributed by atoms with van der Waals surface area (Å²) in [5.41, 5.74) is 1.22. The molecule has 0 atom stereocenters. The van der Waals surface area contributed by atoms with E-state index in [4.69, 9.17) is 5.11 Å². The fourth-order valence-electron chi connectivity index (χ4n) is 1.52. The van der Waals surface area contributed by atoms with Crippen LogP contribution in [0, 0.1) is 0 Å². The first kappa shape index (κ1) is 10.6. The Morgan fingerprint density at radius 1 is 1.07 bits per heavy atom. The van der Waals surface area contributed by atoms with E-state index >= 15 is 0 Å². The van der Waals surface area contributed by atoms with Gasteiger partial charge in [-0.2, -0.15) is 0 Å². The molecule has 0 spiro atoms. The van der Waals surface area contributed by atoms with Crippen molar-refractivity contribution >= 4 is 0 Å². The number of aromatic hydroxyl groups is 1. The maximum atomic E-state index is 9.16. The molecule has 0 unspecified atom stereocenters. The van der Waals surface area contributed by atoms with Gasteiger partial charge in [-0.15, -0.1) is 13.2 Å². The van der Waals surface area contributed by atoms with Crippen molar-refractivity contribution in [2.75, 3.05) is 0 Å². The van der Waals surface area contributed by atoms with Crippen molar-refractivity contribution in [1.82, 2.24) is 0 Å². The first-order valence-electron chi connectivity index (χ1n) is 4.78. The smallest absolute Gasteiger partial charge is 0.115 e. The molecule has 0 aliphatic heterocycles. The Hall–Kier alpha value is -1.50. The lowest BCUT2D eigenvalue weighted by molar-refractivity contribution is 0.475. The topological polar surface area (TPSA) is 20.2 Å². The third-order valence-corrected chi connectivity index (χ3v) is 2.27. The van der Waals surface area contributed by atoms with Gasteiger partial charge in [-0.25, -0.2) is 0 Å². The molecule has 0 aromatic heterocycles. The van der Waals surface area contributed by atoms with Gasteiger partial charge >= 0.3 is 0 Å². The molecule has 1 N–H and O–H groups in total. The molecule has 1 heteroatoms.